The number of carbonyl (C=O) groups is 3. The molecule has 1 aromatic carbocycles. The fourth-order valence-electron chi connectivity index (χ4n) is 4.22. The molecule has 3 aromatic rings. The van der Waals surface area contributed by atoms with Crippen LogP contribution in [0.4, 0.5) is 4.79 Å². The second-order valence-corrected chi connectivity index (χ2v) is 9.26. The van der Waals surface area contributed by atoms with Gasteiger partial charge in [0.15, 0.2) is 12.9 Å². The molecule has 0 aliphatic carbocycles. The van der Waals surface area contributed by atoms with Gasteiger partial charge in [-0.3, -0.25) is 24.4 Å². The van der Waals surface area contributed by atoms with Gasteiger partial charge < -0.3 is 25.4 Å². The number of hydrogen-bond donors (Lipinski definition) is 4. The first-order valence-corrected chi connectivity index (χ1v) is 13.5. The summed E-state index contributed by atoms with van der Waals surface area (Å²) in [6.45, 7) is 7.91. The molecule has 3 rings (SSSR count). The molecule has 0 bridgehead atoms. The fourth-order valence-corrected chi connectivity index (χ4v) is 4.22. The van der Waals surface area contributed by atoms with Crippen LogP contribution in [0.3, 0.4) is 0 Å². The molecule has 0 radical (unpaired) electrons. The number of hydroxylamine groups is 1. The lowest BCUT2D eigenvalue weighted by atomic mass is 9.91. The van der Waals surface area contributed by atoms with Gasteiger partial charge in [0.2, 0.25) is 11.8 Å². The normalized spacial score (nSPS) is 13.3. The van der Waals surface area contributed by atoms with E-state index in [1.165, 1.54) is 0 Å². The fraction of sp³-hybridized carbons (Fsp3) is 0.414. The van der Waals surface area contributed by atoms with Gasteiger partial charge in [0.25, 0.3) is 0 Å². The van der Waals surface area contributed by atoms with Gasteiger partial charge in [-0.05, 0) is 44.5 Å². The Morgan fingerprint density at radius 2 is 1.61 bits per heavy atom. The van der Waals surface area contributed by atoms with Gasteiger partial charge in [-0.2, -0.15) is 0 Å². The summed E-state index contributed by atoms with van der Waals surface area (Å²) < 4.78 is 11.7. The summed E-state index contributed by atoms with van der Waals surface area (Å²) in [6, 6.07) is 11.0. The predicted octanol–water partition coefficient (Wildman–Crippen LogP) is 2.76. The molecule has 0 fully saturated rings. The minimum atomic E-state index is -0.901. The number of nitrogens with zero attached hydrogens (tertiary/aromatic N) is 2. The van der Waals surface area contributed by atoms with Crippen LogP contribution in [0.1, 0.15) is 44.9 Å². The van der Waals surface area contributed by atoms with Crippen molar-refractivity contribution in [3.05, 3.63) is 72.2 Å². The first kappa shape index (κ1) is 31.4. The summed E-state index contributed by atoms with van der Waals surface area (Å²) in [5, 5.41) is 9.17. The smallest absolute Gasteiger partial charge is 0.338 e. The lowest BCUT2D eigenvalue weighted by Gasteiger charge is -2.32. The zero-order valence-corrected chi connectivity index (χ0v) is 23.8. The van der Waals surface area contributed by atoms with Gasteiger partial charge in [-0.25, -0.2) is 10.3 Å². The molecule has 41 heavy (non-hydrogen) atoms. The van der Waals surface area contributed by atoms with E-state index < -0.39 is 42.8 Å². The Labute approximate surface area is 239 Å². The number of aromatic nitrogens is 2. The lowest BCUT2D eigenvalue weighted by molar-refractivity contribution is -0.170. The van der Waals surface area contributed by atoms with Crippen molar-refractivity contribution in [1.29, 1.82) is 0 Å². The summed E-state index contributed by atoms with van der Waals surface area (Å²) in [4.78, 5) is 51.1. The Bertz CT molecular complexity index is 1270. The monoisotopic (exact) mass is 566 g/mol. The number of carbonyl (C=O) groups excluding carboxylic acids is 3. The standard InChI is InChI=1S/C29H38N6O6/c1-5-39-28(40-6-2)19(3)25(23-11-7-9-22-10-8-14-31-26(22)23)34-27(37)20(4)33-24(36)18-41-35-29(38)32-17-21-12-15-30-16-13-21/h7-16,19-20,25,28H,5-6,17-18H2,1-4H3,(H,33,36)(H,34,37)(H2,32,35,38)/t19-,20?,25-/m0/s1. The molecule has 0 aliphatic rings. The van der Waals surface area contributed by atoms with Gasteiger partial charge in [-0.15, -0.1) is 0 Å². The Morgan fingerprint density at radius 1 is 0.902 bits per heavy atom. The van der Waals surface area contributed by atoms with Crippen molar-refractivity contribution in [1.82, 2.24) is 31.4 Å². The van der Waals surface area contributed by atoms with E-state index in [4.69, 9.17) is 14.3 Å². The molecular weight excluding hydrogens is 528 g/mol. The third kappa shape index (κ3) is 9.48. The highest BCUT2D eigenvalue weighted by molar-refractivity contribution is 5.89. The molecule has 12 heteroatoms. The van der Waals surface area contributed by atoms with E-state index in [-0.39, 0.29) is 12.5 Å². The molecule has 12 nitrogen and oxygen atoms in total. The number of urea groups is 1. The summed E-state index contributed by atoms with van der Waals surface area (Å²) >= 11 is 0. The minimum absolute atomic E-state index is 0.264. The van der Waals surface area contributed by atoms with Crippen molar-refractivity contribution in [3.8, 4) is 0 Å². The van der Waals surface area contributed by atoms with Crippen molar-refractivity contribution < 1.29 is 28.7 Å². The number of benzene rings is 1. The first-order chi connectivity index (χ1) is 19.8. The molecular formula is C29H38N6O6. The van der Waals surface area contributed by atoms with Gasteiger partial charge in [-0.1, -0.05) is 31.2 Å². The number of hydrogen-bond acceptors (Lipinski definition) is 8. The predicted molar refractivity (Wildman–Crippen MR) is 152 cm³/mol. The van der Waals surface area contributed by atoms with Gasteiger partial charge in [0.1, 0.15) is 6.04 Å². The summed E-state index contributed by atoms with van der Waals surface area (Å²) in [5.74, 6) is -1.30. The average molecular weight is 567 g/mol. The molecule has 4 N–H and O–H groups in total. The zero-order valence-electron chi connectivity index (χ0n) is 23.8. The van der Waals surface area contributed by atoms with Crippen molar-refractivity contribution in [3.63, 3.8) is 0 Å². The summed E-state index contributed by atoms with van der Waals surface area (Å²) in [7, 11) is 0. The van der Waals surface area contributed by atoms with Crippen molar-refractivity contribution >= 4 is 28.7 Å². The third-order valence-corrected chi connectivity index (χ3v) is 6.26. The topological polar surface area (TPSA) is 153 Å². The second-order valence-electron chi connectivity index (χ2n) is 9.26. The third-order valence-electron chi connectivity index (χ3n) is 6.26. The average Bonchev–Trinajstić information content (AvgIpc) is 2.98. The maximum Gasteiger partial charge on any atom is 0.338 e. The molecule has 0 saturated heterocycles. The van der Waals surface area contributed by atoms with Gasteiger partial charge in [0, 0.05) is 55.2 Å². The number of rotatable bonds is 15. The number of amides is 4. The molecule has 0 aliphatic heterocycles. The number of fused-ring (bicyclic) bond motifs is 1. The van der Waals surface area contributed by atoms with E-state index in [0.29, 0.717) is 13.2 Å². The Balaban J connectivity index is 1.61. The van der Waals surface area contributed by atoms with Crippen molar-refractivity contribution in [2.24, 2.45) is 5.92 Å². The Kier molecular flexibility index (Phi) is 12.4. The number of nitrogens with one attached hydrogen (secondary N) is 4. The Hall–Kier alpha value is -4.13. The molecule has 0 saturated carbocycles. The van der Waals surface area contributed by atoms with E-state index in [2.05, 4.69) is 31.4 Å². The number of para-hydroxylation sites is 1. The maximum atomic E-state index is 13.3. The van der Waals surface area contributed by atoms with E-state index in [1.807, 2.05) is 51.1 Å². The zero-order chi connectivity index (χ0) is 29.6. The van der Waals surface area contributed by atoms with Crippen molar-refractivity contribution in [2.45, 2.75) is 52.6 Å². The highest BCUT2D eigenvalue weighted by atomic mass is 16.7. The Morgan fingerprint density at radius 3 is 2.32 bits per heavy atom. The molecule has 3 atom stereocenters. The number of pyridine rings is 2. The van der Waals surface area contributed by atoms with Gasteiger partial charge >= 0.3 is 6.03 Å². The van der Waals surface area contributed by atoms with Crippen LogP contribution in [0, 0.1) is 5.92 Å². The lowest BCUT2D eigenvalue weighted by Crippen LogP contribution is -2.49. The second kappa shape index (κ2) is 16.2. The van der Waals surface area contributed by atoms with Crippen molar-refractivity contribution in [2.75, 3.05) is 19.8 Å². The van der Waals surface area contributed by atoms with Crippen LogP contribution in [0.15, 0.2) is 61.1 Å². The highest BCUT2D eigenvalue weighted by Crippen LogP contribution is 2.31. The molecule has 2 aromatic heterocycles. The van der Waals surface area contributed by atoms with E-state index in [9.17, 15) is 14.4 Å². The quantitative estimate of drug-likeness (QED) is 0.162. The summed E-state index contributed by atoms with van der Waals surface area (Å²) in [6.07, 6.45) is 4.35. The SMILES string of the molecule is CCOC(OCC)[C@@H](C)[C@H](NC(=O)C(C)NC(=O)CONC(=O)NCc1ccncc1)c1cccc2cccnc12. The van der Waals surface area contributed by atoms with Crippen LogP contribution < -0.4 is 21.4 Å². The summed E-state index contributed by atoms with van der Waals surface area (Å²) in [5.41, 5.74) is 4.55. The van der Waals surface area contributed by atoms with E-state index >= 15 is 0 Å². The van der Waals surface area contributed by atoms with Crippen LogP contribution >= 0.6 is 0 Å². The van der Waals surface area contributed by atoms with Crippen LogP contribution in [0.5, 0.6) is 0 Å². The largest absolute Gasteiger partial charge is 0.353 e. The molecule has 2 heterocycles. The first-order valence-electron chi connectivity index (χ1n) is 13.5. The molecule has 1 unspecified atom stereocenters. The minimum Gasteiger partial charge on any atom is -0.353 e. The van der Waals surface area contributed by atoms with Crippen LogP contribution in [-0.4, -0.2) is 60.0 Å². The van der Waals surface area contributed by atoms with Crippen LogP contribution in [0.25, 0.3) is 10.9 Å². The van der Waals surface area contributed by atoms with Crippen LogP contribution in [0.2, 0.25) is 0 Å². The maximum absolute atomic E-state index is 13.3. The number of ether oxygens (including phenoxy) is 2. The van der Waals surface area contributed by atoms with Crippen LogP contribution in [-0.2, 0) is 30.4 Å². The van der Waals surface area contributed by atoms with E-state index in [1.54, 1.807) is 37.6 Å². The molecule has 0 spiro atoms. The highest BCUT2D eigenvalue weighted by Gasteiger charge is 2.32. The molecule has 220 valence electrons. The van der Waals surface area contributed by atoms with E-state index in [0.717, 1.165) is 22.0 Å². The van der Waals surface area contributed by atoms with Gasteiger partial charge in [0.05, 0.1) is 11.6 Å². The molecule has 4 amide bonds.